The normalized spacial score (nSPS) is 11.7. The first-order valence-corrected chi connectivity index (χ1v) is 10.8. The number of rotatable bonds is 11. The summed E-state index contributed by atoms with van der Waals surface area (Å²) in [5, 5.41) is 7.37. The molecule has 32 heavy (non-hydrogen) atoms. The van der Waals surface area contributed by atoms with Gasteiger partial charge in [0.2, 0.25) is 0 Å². The van der Waals surface area contributed by atoms with Gasteiger partial charge in [-0.05, 0) is 55.3 Å². The lowest BCUT2D eigenvalue weighted by Gasteiger charge is -2.16. The Morgan fingerprint density at radius 1 is 0.938 bits per heavy atom. The maximum Gasteiger partial charge on any atom is 0.262 e. The lowest BCUT2D eigenvalue weighted by atomic mass is 10.2. The van der Waals surface area contributed by atoms with Crippen molar-refractivity contribution in [2.75, 3.05) is 11.9 Å². The monoisotopic (exact) mass is 431 g/mol. The zero-order valence-corrected chi connectivity index (χ0v) is 18.5. The van der Waals surface area contributed by atoms with Crippen LogP contribution in [0.3, 0.4) is 0 Å². The summed E-state index contributed by atoms with van der Waals surface area (Å²) in [7, 11) is 0. The van der Waals surface area contributed by atoms with Gasteiger partial charge < -0.3 is 14.8 Å². The average molecular weight is 432 g/mol. The van der Waals surface area contributed by atoms with Crippen LogP contribution in [0.2, 0.25) is 0 Å². The molecule has 6 heteroatoms. The molecule has 0 aliphatic carbocycles. The number of anilines is 1. The lowest BCUT2D eigenvalue weighted by Crippen LogP contribution is -2.36. The Morgan fingerprint density at radius 2 is 1.66 bits per heavy atom. The summed E-state index contributed by atoms with van der Waals surface area (Å²) < 4.78 is 11.4. The largest absolute Gasteiger partial charge is 0.494 e. The smallest absolute Gasteiger partial charge is 0.262 e. The highest BCUT2D eigenvalue weighted by Crippen LogP contribution is 2.18. The number of ether oxygens (including phenoxy) is 2. The highest BCUT2D eigenvalue weighted by atomic mass is 16.5. The number of benzene rings is 3. The molecule has 3 rings (SSSR count). The van der Waals surface area contributed by atoms with Crippen LogP contribution in [-0.4, -0.2) is 24.8 Å². The number of hydrogen-bond acceptors (Lipinski definition) is 5. The third-order valence-electron chi connectivity index (χ3n) is 4.77. The molecule has 0 radical (unpaired) electrons. The summed E-state index contributed by atoms with van der Waals surface area (Å²) in [4.78, 5) is 12.6. The van der Waals surface area contributed by atoms with Gasteiger partial charge >= 0.3 is 0 Å². The molecule has 0 bridgehead atoms. The molecule has 0 aromatic heterocycles. The van der Waals surface area contributed by atoms with Gasteiger partial charge in [0.25, 0.3) is 5.91 Å². The number of hydrazone groups is 1. The van der Waals surface area contributed by atoms with Gasteiger partial charge in [-0.15, -0.1) is 0 Å². The Bertz CT molecular complexity index is 1000. The van der Waals surface area contributed by atoms with Crippen LogP contribution in [0.15, 0.2) is 84.0 Å². The zero-order chi connectivity index (χ0) is 22.6. The van der Waals surface area contributed by atoms with E-state index in [4.69, 9.17) is 9.47 Å². The van der Waals surface area contributed by atoms with E-state index in [2.05, 4.69) is 15.8 Å². The van der Waals surface area contributed by atoms with Crippen molar-refractivity contribution in [1.82, 2.24) is 5.43 Å². The molecule has 3 aromatic carbocycles. The summed E-state index contributed by atoms with van der Waals surface area (Å²) in [6.45, 7) is 4.97. The number of carbonyl (C=O) groups excluding carboxylic acids is 1. The molecule has 2 N–H and O–H groups in total. The van der Waals surface area contributed by atoms with Crippen LogP contribution < -0.4 is 20.2 Å². The summed E-state index contributed by atoms with van der Waals surface area (Å²) >= 11 is 0. The van der Waals surface area contributed by atoms with E-state index >= 15 is 0 Å². The van der Waals surface area contributed by atoms with E-state index in [9.17, 15) is 4.79 Å². The van der Waals surface area contributed by atoms with Crippen molar-refractivity contribution in [1.29, 1.82) is 0 Å². The van der Waals surface area contributed by atoms with Crippen molar-refractivity contribution < 1.29 is 14.3 Å². The van der Waals surface area contributed by atoms with E-state index in [0.29, 0.717) is 25.4 Å². The van der Waals surface area contributed by atoms with Crippen LogP contribution in [0.25, 0.3) is 0 Å². The second kappa shape index (κ2) is 12.2. The van der Waals surface area contributed by atoms with Crippen LogP contribution in [0.5, 0.6) is 11.5 Å². The molecule has 6 nitrogen and oxygen atoms in total. The highest BCUT2D eigenvalue weighted by molar-refractivity contribution is 5.88. The third-order valence-corrected chi connectivity index (χ3v) is 4.77. The molecule has 0 aliphatic rings. The Kier molecular flexibility index (Phi) is 8.69. The molecule has 0 unspecified atom stereocenters. The number of nitrogens with one attached hydrogen (secondary N) is 2. The van der Waals surface area contributed by atoms with Gasteiger partial charge in [-0.3, -0.25) is 4.79 Å². The van der Waals surface area contributed by atoms with Crippen molar-refractivity contribution >= 4 is 17.8 Å². The number of para-hydroxylation sites is 1. The Hall–Kier alpha value is -3.80. The van der Waals surface area contributed by atoms with Gasteiger partial charge in [0.05, 0.1) is 12.8 Å². The second-order valence-corrected chi connectivity index (χ2v) is 7.11. The van der Waals surface area contributed by atoms with Gasteiger partial charge in [-0.2, -0.15) is 5.10 Å². The zero-order valence-electron chi connectivity index (χ0n) is 18.5. The van der Waals surface area contributed by atoms with Crippen LogP contribution in [0, 0.1) is 0 Å². The van der Waals surface area contributed by atoms with Gasteiger partial charge in [-0.25, -0.2) is 5.43 Å². The van der Waals surface area contributed by atoms with Crippen LogP contribution in [0.1, 0.15) is 31.4 Å². The van der Waals surface area contributed by atoms with Crippen LogP contribution in [-0.2, 0) is 11.4 Å². The number of nitrogens with zero attached hydrogens (tertiary/aromatic N) is 1. The average Bonchev–Trinajstić information content (AvgIpc) is 2.83. The minimum atomic E-state index is -0.408. The first-order chi connectivity index (χ1) is 15.7. The molecule has 1 atom stereocenters. The topological polar surface area (TPSA) is 72.0 Å². The quantitative estimate of drug-likeness (QED) is 0.331. The fourth-order valence-electron chi connectivity index (χ4n) is 3.07. The van der Waals surface area contributed by atoms with Crippen molar-refractivity contribution in [3.05, 3.63) is 90.0 Å². The molecule has 0 saturated carbocycles. The highest BCUT2D eigenvalue weighted by Gasteiger charge is 2.15. The second-order valence-electron chi connectivity index (χ2n) is 7.11. The molecule has 0 fully saturated rings. The first kappa shape index (κ1) is 22.9. The minimum absolute atomic E-state index is 0.208. The van der Waals surface area contributed by atoms with E-state index in [1.165, 1.54) is 0 Å². The molecular formula is C26H29N3O3. The molecule has 0 aliphatic heterocycles. The summed E-state index contributed by atoms with van der Waals surface area (Å²) in [5.41, 5.74) is 5.34. The van der Waals surface area contributed by atoms with E-state index in [-0.39, 0.29) is 5.91 Å². The molecule has 166 valence electrons. The Morgan fingerprint density at radius 3 is 2.38 bits per heavy atom. The molecule has 0 heterocycles. The van der Waals surface area contributed by atoms with Crippen molar-refractivity contribution in [2.45, 2.75) is 32.9 Å². The molecule has 1 amide bonds. The number of hydrogen-bond donors (Lipinski definition) is 2. The molecule has 0 saturated heterocycles. The minimum Gasteiger partial charge on any atom is -0.494 e. The lowest BCUT2D eigenvalue weighted by molar-refractivity contribution is -0.121. The van der Waals surface area contributed by atoms with Crippen molar-refractivity contribution in [3.8, 4) is 11.5 Å². The Balaban J connectivity index is 1.56. The van der Waals surface area contributed by atoms with Crippen LogP contribution in [0.4, 0.5) is 5.69 Å². The van der Waals surface area contributed by atoms with E-state index in [0.717, 1.165) is 22.6 Å². The van der Waals surface area contributed by atoms with Gasteiger partial charge in [-0.1, -0.05) is 49.4 Å². The van der Waals surface area contributed by atoms with Gasteiger partial charge in [0, 0.05) is 11.3 Å². The predicted molar refractivity (Wildman–Crippen MR) is 128 cm³/mol. The molecule has 0 spiro atoms. The maximum atomic E-state index is 12.6. The summed E-state index contributed by atoms with van der Waals surface area (Å²) in [5.74, 6) is 1.29. The molecular weight excluding hydrogens is 402 g/mol. The maximum absolute atomic E-state index is 12.6. The predicted octanol–water partition coefficient (Wildman–Crippen LogP) is 5.01. The SMILES string of the molecule is CCOc1ccc(N[C@@H](CC)C(=O)N/N=C\c2ccccc2OCc2ccccc2)cc1. The summed E-state index contributed by atoms with van der Waals surface area (Å²) in [6.07, 6.45) is 2.22. The van der Waals surface area contributed by atoms with Crippen molar-refractivity contribution in [2.24, 2.45) is 5.10 Å². The van der Waals surface area contributed by atoms with E-state index in [1.807, 2.05) is 92.7 Å². The van der Waals surface area contributed by atoms with Gasteiger partial charge in [0.15, 0.2) is 0 Å². The first-order valence-electron chi connectivity index (χ1n) is 10.8. The fourth-order valence-corrected chi connectivity index (χ4v) is 3.07. The van der Waals surface area contributed by atoms with E-state index < -0.39 is 6.04 Å². The number of carbonyl (C=O) groups is 1. The fraction of sp³-hybridized carbons (Fsp3) is 0.231. The van der Waals surface area contributed by atoms with E-state index in [1.54, 1.807) is 6.21 Å². The summed E-state index contributed by atoms with van der Waals surface area (Å²) in [6, 6.07) is 24.7. The molecule has 3 aromatic rings. The standard InChI is InChI=1S/C26H29N3O3/c1-3-24(28-22-14-16-23(17-15-22)31-4-2)26(30)29-27-18-21-12-8-9-13-25(21)32-19-20-10-6-5-7-11-20/h5-18,24,28H,3-4,19H2,1-2H3,(H,29,30)/b27-18-/t24-/m0/s1. The van der Waals surface area contributed by atoms with Gasteiger partial charge in [0.1, 0.15) is 24.1 Å². The van der Waals surface area contributed by atoms with Crippen LogP contribution >= 0.6 is 0 Å². The van der Waals surface area contributed by atoms with Crippen molar-refractivity contribution in [3.63, 3.8) is 0 Å². The Labute approximate surface area is 189 Å². The number of amides is 1. The third kappa shape index (κ3) is 6.87.